The van der Waals surface area contributed by atoms with Crippen molar-refractivity contribution >= 4 is 23.9 Å². The summed E-state index contributed by atoms with van der Waals surface area (Å²) in [6.45, 7) is 5.80. The average Bonchev–Trinajstić information content (AvgIpc) is 3.29. The van der Waals surface area contributed by atoms with E-state index in [-0.39, 0.29) is 25.9 Å². The molecule has 0 radical (unpaired) electrons. The summed E-state index contributed by atoms with van der Waals surface area (Å²) >= 11 is 0. The zero-order chi connectivity index (χ0) is 47.6. The number of unbranched alkanes of at least 4 members (excludes halogenated alkanes) is 23. The van der Waals surface area contributed by atoms with Crippen molar-refractivity contribution in [1.82, 2.24) is 0 Å². The third kappa shape index (κ3) is 33.1. The second kappa shape index (κ2) is 42.3. The lowest BCUT2D eigenvalue weighted by Gasteiger charge is -2.40. The fraction of sp³-hybridized carbons (Fsp3) is 0.811. The minimum atomic E-state index is -1.90. The molecule has 3 N–H and O–H groups in total. The van der Waals surface area contributed by atoms with Gasteiger partial charge >= 0.3 is 23.9 Å². The highest BCUT2D eigenvalue weighted by atomic mass is 16.7. The zero-order valence-electron chi connectivity index (χ0n) is 41.0. The molecule has 0 aromatic carbocycles. The Morgan fingerprint density at radius 1 is 0.523 bits per heavy atom. The van der Waals surface area contributed by atoms with E-state index in [0.717, 1.165) is 96.3 Å². The van der Waals surface area contributed by atoms with E-state index in [1.54, 1.807) is 0 Å². The lowest BCUT2D eigenvalue weighted by atomic mass is 9.98. The van der Waals surface area contributed by atoms with Crippen molar-refractivity contribution in [3.05, 3.63) is 36.5 Å². The van der Waals surface area contributed by atoms with Crippen molar-refractivity contribution in [1.29, 1.82) is 0 Å². The van der Waals surface area contributed by atoms with E-state index in [9.17, 15) is 34.5 Å². The number of allylic oxidation sites excluding steroid dienone is 6. The summed E-state index contributed by atoms with van der Waals surface area (Å²) in [5, 5.41) is 31.2. The van der Waals surface area contributed by atoms with Crippen LogP contribution < -0.4 is 0 Å². The number of carbonyl (C=O) groups excluding carboxylic acids is 3. The summed E-state index contributed by atoms with van der Waals surface area (Å²) < 4.78 is 28.2. The predicted molar refractivity (Wildman–Crippen MR) is 257 cm³/mol. The molecule has 1 heterocycles. The summed E-state index contributed by atoms with van der Waals surface area (Å²) in [6, 6.07) is 0. The van der Waals surface area contributed by atoms with Gasteiger partial charge in [0.2, 0.25) is 0 Å². The molecule has 0 saturated carbocycles. The summed E-state index contributed by atoms with van der Waals surface area (Å²) in [5.74, 6) is -3.12. The van der Waals surface area contributed by atoms with Crippen LogP contribution in [0.15, 0.2) is 36.5 Å². The van der Waals surface area contributed by atoms with Crippen LogP contribution in [0.2, 0.25) is 0 Å². The Morgan fingerprint density at radius 3 is 1.48 bits per heavy atom. The highest BCUT2D eigenvalue weighted by molar-refractivity contribution is 5.74. The lowest BCUT2D eigenvalue weighted by Crippen LogP contribution is -2.61. The highest BCUT2D eigenvalue weighted by Gasteiger charge is 2.50. The quantitative estimate of drug-likeness (QED) is 0.0229. The average molecular weight is 921 g/mol. The van der Waals surface area contributed by atoms with E-state index < -0.39 is 67.3 Å². The van der Waals surface area contributed by atoms with E-state index in [4.69, 9.17) is 23.7 Å². The minimum absolute atomic E-state index is 0.0630. The third-order valence-electron chi connectivity index (χ3n) is 11.7. The number of carboxylic acids is 1. The number of hydrogen-bond donors (Lipinski definition) is 3. The van der Waals surface area contributed by atoms with Gasteiger partial charge in [-0.05, 0) is 51.4 Å². The molecule has 376 valence electrons. The Hall–Kier alpha value is -3.06. The number of carbonyl (C=O) groups is 4. The van der Waals surface area contributed by atoms with Crippen LogP contribution in [0, 0.1) is 0 Å². The molecular weight excluding hydrogens is 829 g/mol. The summed E-state index contributed by atoms with van der Waals surface area (Å²) in [4.78, 5) is 50.6. The van der Waals surface area contributed by atoms with Crippen molar-refractivity contribution in [3.63, 3.8) is 0 Å². The smallest absolute Gasteiger partial charge is 0.335 e. The van der Waals surface area contributed by atoms with Gasteiger partial charge in [0.05, 0.1) is 6.61 Å². The van der Waals surface area contributed by atoms with Gasteiger partial charge in [0.15, 0.2) is 24.6 Å². The molecule has 12 heteroatoms. The Balaban J connectivity index is 2.68. The molecule has 0 amide bonds. The first-order valence-electron chi connectivity index (χ1n) is 26.0. The number of carboxylic acid groups (broad SMARTS) is 1. The van der Waals surface area contributed by atoms with Gasteiger partial charge in [0.25, 0.3) is 0 Å². The van der Waals surface area contributed by atoms with Crippen LogP contribution in [0.3, 0.4) is 0 Å². The molecule has 1 fully saturated rings. The van der Waals surface area contributed by atoms with Crippen LogP contribution in [0.4, 0.5) is 0 Å². The van der Waals surface area contributed by atoms with Gasteiger partial charge in [-0.2, -0.15) is 0 Å². The van der Waals surface area contributed by atoms with Gasteiger partial charge in [-0.15, -0.1) is 0 Å². The highest BCUT2D eigenvalue weighted by Crippen LogP contribution is 2.26. The van der Waals surface area contributed by atoms with E-state index in [1.165, 1.54) is 70.6 Å². The van der Waals surface area contributed by atoms with Gasteiger partial charge in [-0.1, -0.05) is 192 Å². The number of aliphatic carboxylic acids is 1. The number of ether oxygens (including phenoxy) is 5. The van der Waals surface area contributed by atoms with E-state index in [0.29, 0.717) is 19.3 Å². The van der Waals surface area contributed by atoms with Crippen LogP contribution in [0.5, 0.6) is 0 Å². The molecule has 0 spiro atoms. The topological polar surface area (TPSA) is 175 Å². The fourth-order valence-electron chi connectivity index (χ4n) is 7.73. The Bertz CT molecular complexity index is 1280. The summed E-state index contributed by atoms with van der Waals surface area (Å²) in [7, 11) is 0. The molecule has 65 heavy (non-hydrogen) atoms. The SMILES string of the molecule is CC/C=C\C/C=C\C/C=C\CCCCCCCCCC(=O)OCC(COC1OC(C(=O)O)C(O)C(O)C1OC(=O)CCCCCCCCCCC)OC(=O)CCCCCCCCCCC. The van der Waals surface area contributed by atoms with Gasteiger partial charge in [0, 0.05) is 19.3 Å². The maximum Gasteiger partial charge on any atom is 0.335 e. The van der Waals surface area contributed by atoms with Crippen molar-refractivity contribution in [3.8, 4) is 0 Å². The Morgan fingerprint density at radius 2 is 0.969 bits per heavy atom. The molecule has 12 nitrogen and oxygen atoms in total. The third-order valence-corrected chi connectivity index (χ3v) is 11.7. The van der Waals surface area contributed by atoms with E-state index >= 15 is 0 Å². The number of esters is 3. The summed E-state index contributed by atoms with van der Waals surface area (Å²) in [6.07, 6.45) is 34.4. The number of aliphatic hydroxyl groups is 2. The van der Waals surface area contributed by atoms with Crippen LogP contribution in [-0.2, 0) is 42.9 Å². The first-order valence-corrected chi connectivity index (χ1v) is 26.0. The van der Waals surface area contributed by atoms with Crippen LogP contribution in [-0.4, -0.2) is 89.2 Å². The standard InChI is InChI=1S/C53H92O12/c1-4-7-10-13-16-19-20-21-22-23-24-25-26-29-30-33-36-39-45(54)61-42-44(63-46(55)40-37-34-31-27-17-14-11-8-5-2)43-62-53-51(49(58)48(57)50(65-53)52(59)60)64-47(56)41-38-35-32-28-18-15-12-9-6-3/h7,10,16,19,21-22,44,48-51,53,57-58H,4-6,8-9,11-15,17-18,20,23-43H2,1-3H3,(H,59,60)/b10-7-,19-16-,22-21-. The maximum absolute atomic E-state index is 13.0. The first-order chi connectivity index (χ1) is 31.6. The molecule has 6 unspecified atom stereocenters. The summed E-state index contributed by atoms with van der Waals surface area (Å²) in [5.41, 5.74) is 0. The monoisotopic (exact) mass is 921 g/mol. The fourth-order valence-corrected chi connectivity index (χ4v) is 7.73. The van der Waals surface area contributed by atoms with Gasteiger partial charge in [-0.25, -0.2) is 4.79 Å². The van der Waals surface area contributed by atoms with Gasteiger partial charge in [-0.3, -0.25) is 14.4 Å². The molecule has 6 atom stereocenters. The molecule has 0 aromatic heterocycles. The van der Waals surface area contributed by atoms with E-state index in [2.05, 4.69) is 57.2 Å². The molecule has 0 aliphatic carbocycles. The van der Waals surface area contributed by atoms with Gasteiger partial charge in [0.1, 0.15) is 18.8 Å². The van der Waals surface area contributed by atoms with E-state index in [1.807, 2.05) is 0 Å². The lowest BCUT2D eigenvalue weighted by molar-refractivity contribution is -0.301. The van der Waals surface area contributed by atoms with Crippen molar-refractivity contribution in [2.45, 2.75) is 263 Å². The van der Waals surface area contributed by atoms with Crippen LogP contribution in [0.1, 0.15) is 226 Å². The molecule has 1 saturated heterocycles. The molecule has 0 bridgehead atoms. The largest absolute Gasteiger partial charge is 0.479 e. The first kappa shape index (κ1) is 60.0. The van der Waals surface area contributed by atoms with Crippen LogP contribution >= 0.6 is 0 Å². The molecular formula is C53H92O12. The zero-order valence-corrected chi connectivity index (χ0v) is 41.0. The number of rotatable bonds is 43. The Labute approximate surface area is 393 Å². The Kier molecular flexibility index (Phi) is 39.0. The normalized spacial score (nSPS) is 19.3. The van der Waals surface area contributed by atoms with Crippen molar-refractivity contribution in [2.75, 3.05) is 13.2 Å². The minimum Gasteiger partial charge on any atom is -0.479 e. The number of hydrogen-bond acceptors (Lipinski definition) is 11. The van der Waals surface area contributed by atoms with Crippen molar-refractivity contribution < 1.29 is 58.2 Å². The molecule has 1 aliphatic rings. The molecule has 1 aliphatic heterocycles. The number of aliphatic hydroxyl groups excluding tert-OH is 2. The van der Waals surface area contributed by atoms with Gasteiger partial charge < -0.3 is 39.0 Å². The predicted octanol–water partition coefficient (Wildman–Crippen LogP) is 12.1. The second-order valence-electron chi connectivity index (χ2n) is 17.8. The molecule has 1 rings (SSSR count). The van der Waals surface area contributed by atoms with Crippen molar-refractivity contribution in [2.24, 2.45) is 0 Å². The molecule has 0 aromatic rings. The maximum atomic E-state index is 13.0. The van der Waals surface area contributed by atoms with Crippen LogP contribution in [0.25, 0.3) is 0 Å². The second-order valence-corrected chi connectivity index (χ2v) is 17.8.